The molecule has 0 saturated heterocycles. The van der Waals surface area contributed by atoms with E-state index in [-0.39, 0.29) is 18.8 Å². The van der Waals surface area contributed by atoms with Crippen LogP contribution in [0.3, 0.4) is 0 Å². The number of nitrogens with one attached hydrogen (secondary N) is 1. The summed E-state index contributed by atoms with van der Waals surface area (Å²) in [6, 6.07) is 0. The Kier molecular flexibility index (Phi) is 4.98. The van der Waals surface area contributed by atoms with Gasteiger partial charge in [-0.15, -0.1) is 0 Å². The highest BCUT2D eigenvalue weighted by Gasteiger charge is 2.24. The molecule has 1 rings (SSSR count). The predicted octanol–water partition coefficient (Wildman–Crippen LogP) is -0.0988. The van der Waals surface area contributed by atoms with Crippen LogP contribution >= 0.6 is 0 Å². The summed E-state index contributed by atoms with van der Waals surface area (Å²) >= 11 is 0. The predicted molar refractivity (Wildman–Crippen MR) is 68.7 cm³/mol. The molecule has 0 fully saturated rings. The van der Waals surface area contributed by atoms with Gasteiger partial charge in [0.2, 0.25) is 0 Å². The lowest BCUT2D eigenvalue weighted by molar-refractivity contribution is -0.385. The van der Waals surface area contributed by atoms with E-state index in [1.165, 1.54) is 10.9 Å². The van der Waals surface area contributed by atoms with Gasteiger partial charge in [0.25, 0.3) is 0 Å². The van der Waals surface area contributed by atoms with Crippen molar-refractivity contribution in [3.63, 3.8) is 0 Å². The molecule has 3 N–H and O–H groups in total. The van der Waals surface area contributed by atoms with Gasteiger partial charge in [-0.1, -0.05) is 0 Å². The van der Waals surface area contributed by atoms with E-state index in [0.29, 0.717) is 0 Å². The van der Waals surface area contributed by atoms with Crippen molar-refractivity contribution in [1.29, 1.82) is 0 Å². The second kappa shape index (κ2) is 6.09. The van der Waals surface area contributed by atoms with E-state index in [0.717, 1.165) is 6.20 Å². The third-order valence-electron chi connectivity index (χ3n) is 3.07. The second-order valence-corrected chi connectivity index (χ2v) is 5.11. The Bertz CT molecular complexity index is 430. The average molecular weight is 272 g/mol. The summed E-state index contributed by atoms with van der Waals surface area (Å²) in [4.78, 5) is 9.94. The number of hydrogen-bond donors (Lipinski definition) is 3. The number of aromatic nitrogens is 2. The van der Waals surface area contributed by atoms with Gasteiger partial charge in [0, 0.05) is 12.1 Å². The molecule has 0 amide bonds. The second-order valence-electron chi connectivity index (χ2n) is 5.11. The molecule has 1 aromatic rings. The van der Waals surface area contributed by atoms with Crippen LogP contribution in [0.15, 0.2) is 12.4 Å². The normalized spacial score (nSPS) is 15.2. The monoisotopic (exact) mass is 272 g/mol. The van der Waals surface area contributed by atoms with Gasteiger partial charge < -0.3 is 15.5 Å². The molecule has 8 nitrogen and oxygen atoms in total. The van der Waals surface area contributed by atoms with Crippen molar-refractivity contribution in [2.24, 2.45) is 0 Å². The van der Waals surface area contributed by atoms with E-state index in [4.69, 9.17) is 0 Å². The highest BCUT2D eigenvalue weighted by atomic mass is 16.6. The number of nitro groups is 1. The summed E-state index contributed by atoms with van der Waals surface area (Å²) in [6.07, 6.45) is 1.09. The number of rotatable bonds is 7. The third kappa shape index (κ3) is 4.58. The first-order chi connectivity index (χ1) is 8.72. The van der Waals surface area contributed by atoms with Crippen molar-refractivity contribution in [2.45, 2.75) is 45.1 Å². The van der Waals surface area contributed by atoms with Crippen molar-refractivity contribution in [1.82, 2.24) is 15.1 Å². The molecule has 108 valence electrons. The van der Waals surface area contributed by atoms with E-state index in [1.54, 1.807) is 6.92 Å². The van der Waals surface area contributed by atoms with Crippen molar-refractivity contribution < 1.29 is 15.1 Å². The Labute approximate surface area is 111 Å². The Morgan fingerprint density at radius 1 is 1.58 bits per heavy atom. The third-order valence-corrected chi connectivity index (χ3v) is 3.07. The number of aliphatic hydroxyl groups excluding tert-OH is 2. The van der Waals surface area contributed by atoms with Crippen LogP contribution in [0.25, 0.3) is 0 Å². The maximum atomic E-state index is 10.5. The molecule has 0 aliphatic carbocycles. The molecular formula is C11H20N4O4. The quantitative estimate of drug-likeness (QED) is 0.472. The first-order valence-electron chi connectivity index (χ1n) is 6.00. The minimum Gasteiger partial charge on any atom is -0.392 e. The molecule has 0 bridgehead atoms. The van der Waals surface area contributed by atoms with Crippen LogP contribution in [0.5, 0.6) is 0 Å². The molecule has 1 aromatic heterocycles. The van der Waals surface area contributed by atoms with Gasteiger partial charge in [-0.2, -0.15) is 5.10 Å². The smallest absolute Gasteiger partial charge is 0.306 e. The zero-order valence-corrected chi connectivity index (χ0v) is 11.3. The van der Waals surface area contributed by atoms with Crippen LogP contribution in [0.1, 0.15) is 20.8 Å². The SMILES string of the molecule is CC(O)C(C)(C)NCC(O)Cn1cc([N+](=O)[O-])cn1. The van der Waals surface area contributed by atoms with Crippen LogP contribution in [0.4, 0.5) is 5.69 Å². The van der Waals surface area contributed by atoms with Crippen molar-refractivity contribution in [3.8, 4) is 0 Å². The standard InChI is InChI=1S/C11H20N4O4/c1-8(16)11(2,3)12-5-10(17)7-14-6-9(4-13-14)15(18)19/h4,6,8,10,12,16-17H,5,7H2,1-3H3. The summed E-state index contributed by atoms with van der Waals surface area (Å²) in [5.41, 5.74) is -0.624. The van der Waals surface area contributed by atoms with Crippen molar-refractivity contribution in [3.05, 3.63) is 22.5 Å². The molecule has 0 saturated carbocycles. The Hall–Kier alpha value is -1.51. The van der Waals surface area contributed by atoms with Crippen molar-refractivity contribution in [2.75, 3.05) is 6.54 Å². The molecule has 2 atom stereocenters. The fraction of sp³-hybridized carbons (Fsp3) is 0.727. The molecule has 0 spiro atoms. The molecule has 2 unspecified atom stereocenters. The highest BCUT2D eigenvalue weighted by Crippen LogP contribution is 2.10. The lowest BCUT2D eigenvalue weighted by Gasteiger charge is -2.30. The van der Waals surface area contributed by atoms with Gasteiger partial charge in [-0.25, -0.2) is 0 Å². The zero-order valence-electron chi connectivity index (χ0n) is 11.3. The largest absolute Gasteiger partial charge is 0.392 e. The maximum absolute atomic E-state index is 10.5. The number of β-amino-alcohol motifs (C(OH)–C–C–N with tert-alkyl or cyclic N) is 1. The number of aliphatic hydroxyl groups is 2. The van der Waals surface area contributed by atoms with Crippen LogP contribution in [-0.4, -0.2) is 49.2 Å². The summed E-state index contributed by atoms with van der Waals surface area (Å²) < 4.78 is 1.32. The Morgan fingerprint density at radius 2 is 2.21 bits per heavy atom. The lowest BCUT2D eigenvalue weighted by atomic mass is 9.98. The van der Waals surface area contributed by atoms with E-state index in [1.807, 2.05) is 13.8 Å². The summed E-state index contributed by atoms with van der Waals surface area (Å²) in [5.74, 6) is 0. The van der Waals surface area contributed by atoms with E-state index in [9.17, 15) is 20.3 Å². The average Bonchev–Trinajstić information content (AvgIpc) is 2.75. The molecule has 19 heavy (non-hydrogen) atoms. The van der Waals surface area contributed by atoms with Gasteiger partial charge in [0.05, 0.1) is 23.7 Å². The van der Waals surface area contributed by atoms with Gasteiger partial charge in [0.15, 0.2) is 0 Å². The molecular weight excluding hydrogens is 252 g/mol. The van der Waals surface area contributed by atoms with E-state index < -0.39 is 22.7 Å². The first kappa shape index (κ1) is 15.5. The Morgan fingerprint density at radius 3 is 2.68 bits per heavy atom. The fourth-order valence-electron chi connectivity index (χ4n) is 1.36. The molecule has 1 heterocycles. The number of hydrogen-bond acceptors (Lipinski definition) is 6. The number of nitrogens with zero attached hydrogens (tertiary/aromatic N) is 3. The Balaban J connectivity index is 2.46. The summed E-state index contributed by atoms with van der Waals surface area (Å²) in [6.45, 7) is 5.71. The van der Waals surface area contributed by atoms with Crippen molar-refractivity contribution >= 4 is 5.69 Å². The molecule has 8 heteroatoms. The summed E-state index contributed by atoms with van der Waals surface area (Å²) in [7, 11) is 0. The molecule has 0 aliphatic heterocycles. The molecule has 0 radical (unpaired) electrons. The fourth-order valence-corrected chi connectivity index (χ4v) is 1.36. The minimum absolute atomic E-state index is 0.107. The van der Waals surface area contributed by atoms with Gasteiger partial charge in [-0.05, 0) is 20.8 Å². The molecule has 0 aliphatic rings. The first-order valence-corrected chi connectivity index (χ1v) is 6.00. The topological polar surface area (TPSA) is 113 Å². The lowest BCUT2D eigenvalue weighted by Crippen LogP contribution is -2.51. The summed E-state index contributed by atoms with van der Waals surface area (Å²) in [5, 5.41) is 36.6. The molecule has 0 aromatic carbocycles. The zero-order chi connectivity index (χ0) is 14.6. The van der Waals surface area contributed by atoms with Crippen LogP contribution < -0.4 is 5.32 Å². The van der Waals surface area contributed by atoms with Crippen LogP contribution in [0, 0.1) is 10.1 Å². The highest BCUT2D eigenvalue weighted by molar-refractivity contribution is 5.20. The van der Waals surface area contributed by atoms with Gasteiger partial charge in [0.1, 0.15) is 12.4 Å². The van der Waals surface area contributed by atoms with Crippen LogP contribution in [0.2, 0.25) is 0 Å². The van der Waals surface area contributed by atoms with E-state index in [2.05, 4.69) is 10.4 Å². The van der Waals surface area contributed by atoms with Gasteiger partial charge in [-0.3, -0.25) is 14.8 Å². The van der Waals surface area contributed by atoms with Crippen LogP contribution in [-0.2, 0) is 6.54 Å². The minimum atomic E-state index is -0.752. The van der Waals surface area contributed by atoms with Gasteiger partial charge >= 0.3 is 5.69 Å². The van der Waals surface area contributed by atoms with E-state index >= 15 is 0 Å². The maximum Gasteiger partial charge on any atom is 0.306 e.